The van der Waals surface area contributed by atoms with Crippen molar-refractivity contribution in [2.75, 3.05) is 38.6 Å². The van der Waals surface area contributed by atoms with E-state index < -0.39 is 10.0 Å². The van der Waals surface area contributed by atoms with Gasteiger partial charge in [0.2, 0.25) is 10.0 Å². The van der Waals surface area contributed by atoms with E-state index in [0.29, 0.717) is 37.1 Å². The third-order valence-corrected chi connectivity index (χ3v) is 8.01. The van der Waals surface area contributed by atoms with Crippen molar-refractivity contribution in [3.05, 3.63) is 18.2 Å². The summed E-state index contributed by atoms with van der Waals surface area (Å²) in [6.07, 6.45) is 7.39. The van der Waals surface area contributed by atoms with Crippen molar-refractivity contribution in [3.8, 4) is 5.75 Å². The van der Waals surface area contributed by atoms with E-state index in [1.165, 1.54) is 24.5 Å². The van der Waals surface area contributed by atoms with Gasteiger partial charge in [0, 0.05) is 13.1 Å². The standard InChI is InChI=1S/C21H33N3O4S/c1-17-9-5-8-12-23(17)16-21(25)22-19-15-18(10-11-20(19)28-2)29(26,27)24-13-6-3-4-7-14-24/h10-11,15,17H,3-9,12-14,16H2,1-2H3,(H,22,25)/p+1/t17-/m0/s1. The maximum Gasteiger partial charge on any atom is 0.279 e. The zero-order chi connectivity index (χ0) is 20.9. The molecule has 0 spiro atoms. The van der Waals surface area contributed by atoms with Crippen molar-refractivity contribution < 1.29 is 22.8 Å². The van der Waals surface area contributed by atoms with Gasteiger partial charge >= 0.3 is 0 Å². The second-order valence-corrected chi connectivity index (χ2v) is 10.1. The molecule has 7 nitrogen and oxygen atoms in total. The second-order valence-electron chi connectivity index (χ2n) is 8.21. The average Bonchev–Trinajstić information content (AvgIpc) is 3.00. The van der Waals surface area contributed by atoms with Gasteiger partial charge in [0.1, 0.15) is 5.75 Å². The first-order chi connectivity index (χ1) is 13.9. The number of likely N-dealkylation sites (tertiary alicyclic amines) is 1. The van der Waals surface area contributed by atoms with Gasteiger partial charge < -0.3 is 15.0 Å². The number of benzene rings is 1. The lowest BCUT2D eigenvalue weighted by Gasteiger charge is -2.29. The van der Waals surface area contributed by atoms with E-state index in [2.05, 4.69) is 12.2 Å². The van der Waals surface area contributed by atoms with Crippen LogP contribution in [0.25, 0.3) is 0 Å². The molecule has 2 aliphatic heterocycles. The molecule has 8 heteroatoms. The van der Waals surface area contributed by atoms with Crippen LogP contribution in [-0.4, -0.2) is 58.0 Å². The number of anilines is 1. The second kappa shape index (κ2) is 9.91. The largest absolute Gasteiger partial charge is 0.495 e. The Hall–Kier alpha value is -1.64. The topological polar surface area (TPSA) is 80.2 Å². The predicted molar refractivity (Wildman–Crippen MR) is 113 cm³/mol. The van der Waals surface area contributed by atoms with Gasteiger partial charge in [-0.15, -0.1) is 0 Å². The van der Waals surface area contributed by atoms with Crippen LogP contribution in [0.15, 0.2) is 23.1 Å². The van der Waals surface area contributed by atoms with Crippen LogP contribution < -0.4 is 15.0 Å². The molecular formula is C21H34N3O4S+. The van der Waals surface area contributed by atoms with E-state index in [4.69, 9.17) is 4.74 Å². The first-order valence-electron chi connectivity index (χ1n) is 10.7. The smallest absolute Gasteiger partial charge is 0.279 e. The van der Waals surface area contributed by atoms with Gasteiger partial charge in [-0.05, 0) is 57.2 Å². The highest BCUT2D eigenvalue weighted by Gasteiger charge is 2.27. The van der Waals surface area contributed by atoms with Crippen molar-refractivity contribution >= 4 is 21.6 Å². The van der Waals surface area contributed by atoms with E-state index >= 15 is 0 Å². The maximum atomic E-state index is 13.1. The Balaban J connectivity index is 1.76. The molecule has 2 saturated heterocycles. The molecule has 1 aromatic rings. The Morgan fingerprint density at radius 3 is 2.55 bits per heavy atom. The molecule has 2 heterocycles. The van der Waals surface area contributed by atoms with Crippen LogP contribution >= 0.6 is 0 Å². The Labute approximate surface area is 174 Å². The molecule has 0 aromatic heterocycles. The fourth-order valence-electron chi connectivity index (χ4n) is 4.29. The SMILES string of the molecule is COc1ccc(S(=O)(=O)N2CCCCCC2)cc1NC(=O)C[NH+]1CCCC[C@@H]1C. The Kier molecular flexibility index (Phi) is 7.54. The number of hydrogen-bond acceptors (Lipinski definition) is 4. The molecule has 2 atom stereocenters. The van der Waals surface area contributed by atoms with Crippen molar-refractivity contribution in [3.63, 3.8) is 0 Å². The van der Waals surface area contributed by atoms with Crippen LogP contribution in [0, 0.1) is 0 Å². The average molecular weight is 425 g/mol. The summed E-state index contributed by atoms with van der Waals surface area (Å²) >= 11 is 0. The maximum absolute atomic E-state index is 13.1. The van der Waals surface area contributed by atoms with Gasteiger partial charge in [-0.1, -0.05) is 12.8 Å². The lowest BCUT2D eigenvalue weighted by molar-refractivity contribution is -0.920. The van der Waals surface area contributed by atoms with E-state index in [9.17, 15) is 13.2 Å². The lowest BCUT2D eigenvalue weighted by atomic mass is 10.0. The van der Waals surface area contributed by atoms with Crippen molar-refractivity contribution in [2.24, 2.45) is 0 Å². The van der Waals surface area contributed by atoms with Crippen LogP contribution in [0.5, 0.6) is 5.75 Å². The van der Waals surface area contributed by atoms with Crippen molar-refractivity contribution in [1.82, 2.24) is 4.31 Å². The van der Waals surface area contributed by atoms with Crippen LogP contribution in [0.4, 0.5) is 5.69 Å². The highest BCUT2D eigenvalue weighted by molar-refractivity contribution is 7.89. The van der Waals surface area contributed by atoms with Crippen LogP contribution in [-0.2, 0) is 14.8 Å². The summed E-state index contributed by atoms with van der Waals surface area (Å²) in [5, 5.41) is 2.89. The third-order valence-electron chi connectivity index (χ3n) is 6.12. The highest BCUT2D eigenvalue weighted by atomic mass is 32.2. The fraction of sp³-hybridized carbons (Fsp3) is 0.667. The summed E-state index contributed by atoms with van der Waals surface area (Å²) in [6, 6.07) is 5.18. The van der Waals surface area contributed by atoms with Crippen LogP contribution in [0.1, 0.15) is 51.9 Å². The number of amides is 1. The predicted octanol–water partition coefficient (Wildman–Crippen LogP) is 1.66. The Morgan fingerprint density at radius 1 is 1.17 bits per heavy atom. The van der Waals surface area contributed by atoms with Crippen molar-refractivity contribution in [2.45, 2.75) is 62.8 Å². The minimum Gasteiger partial charge on any atom is -0.495 e. The van der Waals surface area contributed by atoms with Crippen molar-refractivity contribution in [1.29, 1.82) is 0 Å². The number of carbonyl (C=O) groups is 1. The van der Waals surface area contributed by atoms with Crippen LogP contribution in [0.2, 0.25) is 0 Å². The molecule has 1 aromatic carbocycles. The molecule has 29 heavy (non-hydrogen) atoms. The van der Waals surface area contributed by atoms with E-state index in [-0.39, 0.29) is 10.8 Å². The van der Waals surface area contributed by atoms with Gasteiger partial charge in [0.05, 0.1) is 30.3 Å². The quantitative estimate of drug-likeness (QED) is 0.728. The van der Waals surface area contributed by atoms with Crippen LogP contribution in [0.3, 0.4) is 0 Å². The fourth-order valence-corrected chi connectivity index (χ4v) is 5.84. The molecule has 3 rings (SSSR count). The molecule has 0 radical (unpaired) electrons. The van der Waals surface area contributed by atoms with Gasteiger partial charge in [-0.25, -0.2) is 8.42 Å². The molecule has 0 saturated carbocycles. The van der Waals surface area contributed by atoms with Gasteiger partial charge in [0.25, 0.3) is 5.91 Å². The Morgan fingerprint density at radius 2 is 1.90 bits per heavy atom. The number of carbonyl (C=O) groups excluding carboxylic acids is 1. The molecule has 162 valence electrons. The lowest BCUT2D eigenvalue weighted by Crippen LogP contribution is -3.17. The number of quaternary nitrogens is 1. The number of nitrogens with one attached hydrogen (secondary N) is 2. The van der Waals surface area contributed by atoms with Gasteiger partial charge in [-0.3, -0.25) is 4.79 Å². The zero-order valence-corrected chi connectivity index (χ0v) is 18.4. The number of nitrogens with zero attached hydrogens (tertiary/aromatic N) is 1. The van der Waals surface area contributed by atoms with E-state index in [0.717, 1.165) is 45.1 Å². The first-order valence-corrected chi connectivity index (χ1v) is 12.2. The summed E-state index contributed by atoms with van der Waals surface area (Å²) in [7, 11) is -2.06. The minimum absolute atomic E-state index is 0.114. The molecular weight excluding hydrogens is 390 g/mol. The number of ether oxygens (including phenoxy) is 1. The van der Waals surface area contributed by atoms with Gasteiger partial charge in [-0.2, -0.15) is 4.31 Å². The zero-order valence-electron chi connectivity index (χ0n) is 17.6. The molecule has 2 N–H and O–H groups in total. The van der Waals surface area contributed by atoms with E-state index in [1.807, 2.05) is 0 Å². The summed E-state index contributed by atoms with van der Waals surface area (Å²) in [6.45, 7) is 4.65. The number of sulfonamides is 1. The number of piperidine rings is 1. The Bertz CT molecular complexity index is 804. The first kappa shape index (κ1) is 22.1. The summed E-state index contributed by atoms with van der Waals surface area (Å²) in [5.74, 6) is 0.353. The number of methoxy groups -OCH3 is 1. The third kappa shape index (κ3) is 5.49. The summed E-state index contributed by atoms with van der Waals surface area (Å²) in [4.78, 5) is 14.1. The summed E-state index contributed by atoms with van der Waals surface area (Å²) in [5.41, 5.74) is 0.414. The molecule has 1 unspecified atom stereocenters. The summed E-state index contributed by atoms with van der Waals surface area (Å²) < 4.78 is 33.1. The molecule has 0 aliphatic carbocycles. The van der Waals surface area contributed by atoms with E-state index in [1.54, 1.807) is 16.4 Å². The molecule has 0 bridgehead atoms. The number of hydrogen-bond donors (Lipinski definition) is 2. The highest BCUT2D eigenvalue weighted by Crippen LogP contribution is 2.29. The minimum atomic E-state index is -3.58. The molecule has 1 amide bonds. The normalized spacial score (nSPS) is 23.9. The molecule has 2 aliphatic rings. The van der Waals surface area contributed by atoms with Gasteiger partial charge in [0.15, 0.2) is 6.54 Å². The monoisotopic (exact) mass is 424 g/mol. The number of rotatable bonds is 6. The molecule has 2 fully saturated rings.